The molecule has 3 nitrogen and oxygen atoms in total. The van der Waals surface area contributed by atoms with Gasteiger partial charge in [0.05, 0.1) is 5.69 Å². The highest BCUT2D eigenvalue weighted by molar-refractivity contribution is 6.33. The van der Waals surface area contributed by atoms with Crippen LogP contribution in [0.15, 0.2) is 66.7 Å². The maximum atomic E-state index is 13.0. The number of likely N-dealkylation sites (N-methyl/N-ethyl adjacent to an activating group) is 1. The number of nitrogens with zero attached hydrogens (tertiary/aromatic N) is 2. The molecule has 1 atom stereocenters. The first-order valence-corrected chi connectivity index (χ1v) is 8.95. The molecule has 132 valence electrons. The maximum Gasteiger partial charge on any atom is 0.272 e. The van der Waals surface area contributed by atoms with Crippen LogP contribution in [0, 0.1) is 0 Å². The number of hydrogen-bond acceptors (Lipinski definition) is 2. The van der Waals surface area contributed by atoms with Crippen LogP contribution in [-0.4, -0.2) is 28.9 Å². The van der Waals surface area contributed by atoms with Gasteiger partial charge in [-0.1, -0.05) is 66.2 Å². The molecule has 0 saturated carbocycles. The van der Waals surface area contributed by atoms with E-state index >= 15 is 0 Å². The number of allylic oxidation sites excluding steroid dienone is 1. The molecule has 1 unspecified atom stereocenters. The Bertz CT molecular complexity index is 981. The summed E-state index contributed by atoms with van der Waals surface area (Å²) < 4.78 is 0. The Balaban J connectivity index is 2.17. The van der Waals surface area contributed by atoms with E-state index in [0.29, 0.717) is 10.7 Å². The number of carbonyl (C=O) groups excluding carboxylic acids is 1. The van der Waals surface area contributed by atoms with Crippen LogP contribution in [0.3, 0.4) is 0 Å². The first-order chi connectivity index (χ1) is 12.5. The lowest BCUT2D eigenvalue weighted by Gasteiger charge is -2.22. The Morgan fingerprint density at radius 3 is 2.58 bits per heavy atom. The van der Waals surface area contributed by atoms with E-state index in [2.05, 4.69) is 0 Å². The van der Waals surface area contributed by atoms with Gasteiger partial charge in [0.15, 0.2) is 0 Å². The summed E-state index contributed by atoms with van der Waals surface area (Å²) in [6.45, 7) is 3.92. The number of hydrogen-bond donors (Lipinski definition) is 0. The lowest BCUT2D eigenvalue weighted by Crippen LogP contribution is -2.34. The van der Waals surface area contributed by atoms with Crippen LogP contribution in [0.2, 0.25) is 5.02 Å². The van der Waals surface area contributed by atoms with Gasteiger partial charge in [0.25, 0.3) is 5.91 Å². The highest BCUT2D eigenvalue weighted by Gasteiger charge is 2.20. The number of rotatable bonds is 4. The van der Waals surface area contributed by atoms with Crippen molar-refractivity contribution in [1.29, 1.82) is 0 Å². The molecule has 1 amide bonds. The second-order valence-corrected chi connectivity index (χ2v) is 6.65. The minimum absolute atomic E-state index is 0.00969. The molecule has 0 fully saturated rings. The highest BCUT2D eigenvalue weighted by Crippen LogP contribution is 2.32. The summed E-state index contributed by atoms with van der Waals surface area (Å²) in [6.07, 6.45) is 3.92. The maximum absolute atomic E-state index is 13.0. The molecule has 2 aromatic carbocycles. The van der Waals surface area contributed by atoms with Crippen LogP contribution in [0.5, 0.6) is 0 Å². The fraction of sp³-hybridized carbons (Fsp3) is 0.182. The van der Waals surface area contributed by atoms with E-state index in [4.69, 9.17) is 16.6 Å². The standard InChI is InChI=1S/C22H21ClN2O/c1-4-9-15(2)25(3)22(26)20-14-16-10-5-6-11-17(16)21(24-20)18-12-7-8-13-19(18)23/h4-15H,1-3H3. The van der Waals surface area contributed by atoms with Gasteiger partial charge in [0, 0.05) is 29.1 Å². The molecule has 0 spiro atoms. The lowest BCUT2D eigenvalue weighted by molar-refractivity contribution is 0.0764. The number of aromatic nitrogens is 1. The van der Waals surface area contributed by atoms with E-state index in [1.165, 1.54) is 0 Å². The number of fused-ring (bicyclic) bond motifs is 1. The molecule has 0 aliphatic heterocycles. The fourth-order valence-electron chi connectivity index (χ4n) is 2.94. The molecule has 1 aromatic heterocycles. The Labute approximate surface area is 158 Å². The van der Waals surface area contributed by atoms with Gasteiger partial charge >= 0.3 is 0 Å². The second-order valence-electron chi connectivity index (χ2n) is 6.24. The summed E-state index contributed by atoms with van der Waals surface area (Å²) in [5.41, 5.74) is 1.96. The van der Waals surface area contributed by atoms with Gasteiger partial charge in [-0.3, -0.25) is 4.79 Å². The van der Waals surface area contributed by atoms with Gasteiger partial charge in [-0.15, -0.1) is 0 Å². The zero-order chi connectivity index (χ0) is 18.7. The van der Waals surface area contributed by atoms with Gasteiger partial charge < -0.3 is 4.90 Å². The molecule has 4 heteroatoms. The molecule has 0 saturated heterocycles. The molecule has 3 aromatic rings. The summed E-state index contributed by atoms with van der Waals surface area (Å²) in [6, 6.07) is 17.3. The quantitative estimate of drug-likeness (QED) is 0.565. The molecular weight excluding hydrogens is 344 g/mol. The average Bonchev–Trinajstić information content (AvgIpc) is 2.66. The molecule has 0 aliphatic rings. The van der Waals surface area contributed by atoms with Gasteiger partial charge in [0.2, 0.25) is 0 Å². The van der Waals surface area contributed by atoms with Crippen molar-refractivity contribution in [2.45, 2.75) is 19.9 Å². The summed E-state index contributed by atoms with van der Waals surface area (Å²) in [5.74, 6) is -0.116. The number of pyridine rings is 1. The van der Waals surface area contributed by atoms with Crippen LogP contribution < -0.4 is 0 Å². The van der Waals surface area contributed by atoms with E-state index < -0.39 is 0 Å². The summed E-state index contributed by atoms with van der Waals surface area (Å²) in [4.78, 5) is 19.4. The monoisotopic (exact) mass is 364 g/mol. The van der Waals surface area contributed by atoms with Gasteiger partial charge in [-0.2, -0.15) is 0 Å². The predicted octanol–water partition coefficient (Wildman–Crippen LogP) is 5.59. The Morgan fingerprint density at radius 1 is 1.15 bits per heavy atom. The van der Waals surface area contributed by atoms with E-state index in [9.17, 15) is 4.79 Å². The smallest absolute Gasteiger partial charge is 0.272 e. The molecule has 0 bridgehead atoms. The number of benzene rings is 2. The average molecular weight is 365 g/mol. The topological polar surface area (TPSA) is 33.2 Å². The van der Waals surface area contributed by atoms with Crippen molar-refractivity contribution >= 4 is 28.3 Å². The zero-order valence-electron chi connectivity index (χ0n) is 15.1. The van der Waals surface area contributed by atoms with Crippen molar-refractivity contribution in [1.82, 2.24) is 9.88 Å². The van der Waals surface area contributed by atoms with Crippen molar-refractivity contribution in [2.75, 3.05) is 7.05 Å². The molecular formula is C22H21ClN2O. The number of halogens is 1. The largest absolute Gasteiger partial charge is 0.334 e. The van der Waals surface area contributed by atoms with Crippen molar-refractivity contribution in [3.8, 4) is 11.3 Å². The van der Waals surface area contributed by atoms with Gasteiger partial charge in [-0.05, 0) is 31.4 Å². The molecule has 1 heterocycles. The lowest BCUT2D eigenvalue weighted by atomic mass is 10.0. The Kier molecular flexibility index (Phi) is 5.38. The zero-order valence-corrected chi connectivity index (χ0v) is 15.9. The fourth-order valence-corrected chi connectivity index (χ4v) is 3.17. The highest BCUT2D eigenvalue weighted by atomic mass is 35.5. The number of amides is 1. The molecule has 0 N–H and O–H groups in total. The van der Waals surface area contributed by atoms with Crippen LogP contribution in [0.1, 0.15) is 24.3 Å². The summed E-state index contributed by atoms with van der Waals surface area (Å²) >= 11 is 6.40. The predicted molar refractivity (Wildman–Crippen MR) is 109 cm³/mol. The van der Waals surface area contributed by atoms with Crippen molar-refractivity contribution in [2.24, 2.45) is 0 Å². The molecule has 3 rings (SSSR count). The van der Waals surface area contributed by atoms with E-state index in [1.54, 1.807) is 11.9 Å². The van der Waals surface area contributed by atoms with Crippen LogP contribution in [0.25, 0.3) is 22.0 Å². The summed E-state index contributed by atoms with van der Waals surface area (Å²) in [5, 5.41) is 2.56. The third-order valence-electron chi connectivity index (χ3n) is 4.49. The SMILES string of the molecule is CC=CC(C)N(C)C(=O)c1cc2ccccc2c(-c2ccccc2Cl)n1. The second kappa shape index (κ2) is 7.71. The van der Waals surface area contributed by atoms with E-state index in [1.807, 2.05) is 80.6 Å². The van der Waals surface area contributed by atoms with Gasteiger partial charge in [-0.25, -0.2) is 4.98 Å². The van der Waals surface area contributed by atoms with Crippen molar-refractivity contribution in [3.05, 3.63) is 77.5 Å². The van der Waals surface area contributed by atoms with E-state index in [-0.39, 0.29) is 11.9 Å². The minimum atomic E-state index is -0.116. The third-order valence-corrected chi connectivity index (χ3v) is 4.82. The Hall–Kier alpha value is -2.65. The molecule has 0 aliphatic carbocycles. The molecule has 26 heavy (non-hydrogen) atoms. The van der Waals surface area contributed by atoms with Crippen LogP contribution >= 0.6 is 11.6 Å². The van der Waals surface area contributed by atoms with Crippen LogP contribution in [0.4, 0.5) is 0 Å². The van der Waals surface area contributed by atoms with Gasteiger partial charge in [0.1, 0.15) is 5.69 Å². The summed E-state index contributed by atoms with van der Waals surface area (Å²) in [7, 11) is 1.79. The first kappa shape index (κ1) is 18.2. The van der Waals surface area contributed by atoms with Crippen LogP contribution in [-0.2, 0) is 0 Å². The van der Waals surface area contributed by atoms with Crippen molar-refractivity contribution < 1.29 is 4.79 Å². The minimum Gasteiger partial charge on any atom is -0.334 e. The Morgan fingerprint density at radius 2 is 1.85 bits per heavy atom. The number of carbonyl (C=O) groups is 1. The molecule has 0 radical (unpaired) electrons. The van der Waals surface area contributed by atoms with Crippen molar-refractivity contribution in [3.63, 3.8) is 0 Å². The van der Waals surface area contributed by atoms with E-state index in [0.717, 1.165) is 22.0 Å². The normalized spacial score (nSPS) is 12.5. The third kappa shape index (κ3) is 3.49. The first-order valence-electron chi connectivity index (χ1n) is 8.57.